The highest BCUT2D eigenvalue weighted by Gasteiger charge is 2.13. The second-order valence-electron chi connectivity index (χ2n) is 5.49. The van der Waals surface area contributed by atoms with E-state index >= 15 is 0 Å². The zero-order valence-electron chi connectivity index (χ0n) is 12.4. The number of aliphatic hydroxyl groups excluding tert-OH is 1. The number of fused-ring (bicyclic) bond motifs is 1. The predicted octanol–water partition coefficient (Wildman–Crippen LogP) is 1.41. The fourth-order valence-electron chi connectivity index (χ4n) is 2.51. The summed E-state index contributed by atoms with van der Waals surface area (Å²) in [5.41, 5.74) is 2.89. The van der Waals surface area contributed by atoms with Crippen LogP contribution in [0.3, 0.4) is 0 Å². The standard InChI is InChI=1S/C15H21ClN4O2/c16-8-12(21)9-17-11-1-2-13-14(7-11)19-15(18-13)10-20-3-5-22-6-4-20/h1-2,7,12,17,21H,3-6,8-10H2,(H,18,19). The monoisotopic (exact) mass is 324 g/mol. The van der Waals surface area contributed by atoms with Gasteiger partial charge in [-0.1, -0.05) is 0 Å². The van der Waals surface area contributed by atoms with Gasteiger partial charge in [-0.2, -0.15) is 0 Å². The zero-order chi connectivity index (χ0) is 15.4. The number of alkyl halides is 1. The number of nitrogens with one attached hydrogen (secondary N) is 2. The number of aromatic nitrogens is 2. The van der Waals surface area contributed by atoms with Gasteiger partial charge in [0.25, 0.3) is 0 Å². The van der Waals surface area contributed by atoms with Crippen molar-refractivity contribution < 1.29 is 9.84 Å². The molecule has 22 heavy (non-hydrogen) atoms. The van der Waals surface area contributed by atoms with E-state index in [9.17, 15) is 5.11 Å². The molecule has 1 unspecified atom stereocenters. The third-order valence-electron chi connectivity index (χ3n) is 3.73. The number of halogens is 1. The van der Waals surface area contributed by atoms with E-state index in [-0.39, 0.29) is 5.88 Å². The summed E-state index contributed by atoms with van der Waals surface area (Å²) < 4.78 is 5.36. The lowest BCUT2D eigenvalue weighted by Crippen LogP contribution is -2.35. The van der Waals surface area contributed by atoms with Gasteiger partial charge >= 0.3 is 0 Å². The Morgan fingerprint density at radius 1 is 1.41 bits per heavy atom. The SMILES string of the molecule is OC(CCl)CNc1ccc2nc(CN3CCOCC3)[nH]c2c1. The van der Waals surface area contributed by atoms with Gasteiger partial charge in [0.05, 0.1) is 42.8 Å². The number of rotatable bonds is 6. The van der Waals surface area contributed by atoms with Gasteiger partial charge in [0.1, 0.15) is 5.82 Å². The van der Waals surface area contributed by atoms with Gasteiger partial charge in [-0.15, -0.1) is 11.6 Å². The molecule has 7 heteroatoms. The minimum absolute atomic E-state index is 0.225. The van der Waals surface area contributed by atoms with Gasteiger partial charge in [-0.05, 0) is 18.2 Å². The first-order valence-corrected chi connectivity index (χ1v) is 8.04. The zero-order valence-corrected chi connectivity index (χ0v) is 13.1. The number of H-pyrrole nitrogens is 1. The lowest BCUT2D eigenvalue weighted by molar-refractivity contribution is 0.0332. The van der Waals surface area contributed by atoms with E-state index in [1.54, 1.807) is 0 Å². The van der Waals surface area contributed by atoms with E-state index in [0.717, 1.165) is 55.4 Å². The second-order valence-corrected chi connectivity index (χ2v) is 5.80. The van der Waals surface area contributed by atoms with Crippen LogP contribution in [0, 0.1) is 0 Å². The smallest absolute Gasteiger partial charge is 0.121 e. The van der Waals surface area contributed by atoms with Crippen molar-refractivity contribution >= 4 is 28.3 Å². The van der Waals surface area contributed by atoms with Crippen molar-refractivity contribution in [2.24, 2.45) is 0 Å². The van der Waals surface area contributed by atoms with Crippen molar-refractivity contribution in [3.05, 3.63) is 24.0 Å². The van der Waals surface area contributed by atoms with Crippen LogP contribution >= 0.6 is 11.6 Å². The Labute approximate surface area is 134 Å². The molecule has 1 saturated heterocycles. The minimum atomic E-state index is -0.545. The number of ether oxygens (including phenoxy) is 1. The molecule has 0 spiro atoms. The molecular formula is C15H21ClN4O2. The highest BCUT2D eigenvalue weighted by molar-refractivity contribution is 6.18. The molecule has 1 aliphatic heterocycles. The van der Waals surface area contributed by atoms with Crippen LogP contribution in [0.2, 0.25) is 0 Å². The maximum absolute atomic E-state index is 9.49. The summed E-state index contributed by atoms with van der Waals surface area (Å²) in [6.45, 7) is 4.71. The molecule has 1 atom stereocenters. The number of hydrogen-bond acceptors (Lipinski definition) is 5. The maximum atomic E-state index is 9.49. The largest absolute Gasteiger partial charge is 0.390 e. The highest BCUT2D eigenvalue weighted by Crippen LogP contribution is 2.18. The average Bonchev–Trinajstić information content (AvgIpc) is 2.94. The summed E-state index contributed by atoms with van der Waals surface area (Å²) >= 11 is 5.59. The Hall–Kier alpha value is -1.34. The Kier molecular flexibility index (Phi) is 5.15. The van der Waals surface area contributed by atoms with Crippen molar-refractivity contribution in [2.75, 3.05) is 44.0 Å². The number of anilines is 1. The number of hydrogen-bond donors (Lipinski definition) is 3. The normalized spacial score (nSPS) is 17.7. The molecular weight excluding hydrogens is 304 g/mol. The van der Waals surface area contributed by atoms with Gasteiger partial charge in [-0.3, -0.25) is 4.90 Å². The quantitative estimate of drug-likeness (QED) is 0.701. The van der Waals surface area contributed by atoms with E-state index in [1.165, 1.54) is 0 Å². The van der Waals surface area contributed by atoms with Gasteiger partial charge in [0.15, 0.2) is 0 Å². The molecule has 3 rings (SSSR count). The first-order valence-electron chi connectivity index (χ1n) is 7.51. The molecule has 120 valence electrons. The van der Waals surface area contributed by atoms with Crippen molar-refractivity contribution in [1.82, 2.24) is 14.9 Å². The van der Waals surface area contributed by atoms with Gasteiger partial charge in [0.2, 0.25) is 0 Å². The van der Waals surface area contributed by atoms with Crippen LogP contribution in [-0.2, 0) is 11.3 Å². The summed E-state index contributed by atoms with van der Waals surface area (Å²) in [7, 11) is 0. The first kappa shape index (κ1) is 15.6. The minimum Gasteiger partial charge on any atom is -0.390 e. The molecule has 3 N–H and O–H groups in total. The summed E-state index contributed by atoms with van der Waals surface area (Å²) in [5.74, 6) is 1.19. The van der Waals surface area contributed by atoms with Crippen molar-refractivity contribution in [3.63, 3.8) is 0 Å². The van der Waals surface area contributed by atoms with Crippen molar-refractivity contribution in [3.8, 4) is 0 Å². The van der Waals surface area contributed by atoms with E-state index in [2.05, 4.69) is 20.2 Å². The Bertz CT molecular complexity index is 613. The van der Waals surface area contributed by atoms with Crippen molar-refractivity contribution in [2.45, 2.75) is 12.6 Å². The number of nitrogens with zero attached hydrogens (tertiary/aromatic N) is 2. The fraction of sp³-hybridized carbons (Fsp3) is 0.533. The molecule has 0 amide bonds. The summed E-state index contributed by atoms with van der Waals surface area (Å²) in [4.78, 5) is 10.3. The lowest BCUT2D eigenvalue weighted by atomic mass is 10.2. The number of morpholine rings is 1. The van der Waals surface area contributed by atoms with Gasteiger partial charge in [0, 0.05) is 25.3 Å². The summed E-state index contributed by atoms with van der Waals surface area (Å²) in [5, 5.41) is 12.7. The molecule has 0 aliphatic carbocycles. The summed E-state index contributed by atoms with van der Waals surface area (Å²) in [6, 6.07) is 5.94. The number of aliphatic hydroxyl groups is 1. The van der Waals surface area contributed by atoms with Crippen LogP contribution in [0.1, 0.15) is 5.82 Å². The number of imidazole rings is 1. The Morgan fingerprint density at radius 3 is 3.00 bits per heavy atom. The molecule has 1 fully saturated rings. The van der Waals surface area contributed by atoms with E-state index in [1.807, 2.05) is 18.2 Å². The molecule has 0 saturated carbocycles. The van der Waals surface area contributed by atoms with Crippen LogP contribution < -0.4 is 5.32 Å². The topological polar surface area (TPSA) is 73.4 Å². The third-order valence-corrected chi connectivity index (χ3v) is 4.08. The van der Waals surface area contributed by atoms with Gasteiger partial charge in [-0.25, -0.2) is 4.98 Å². The van der Waals surface area contributed by atoms with E-state index in [0.29, 0.717) is 6.54 Å². The van der Waals surface area contributed by atoms with Crippen LogP contribution in [0.25, 0.3) is 11.0 Å². The number of benzene rings is 1. The molecule has 0 bridgehead atoms. The maximum Gasteiger partial charge on any atom is 0.121 e. The van der Waals surface area contributed by atoms with E-state index < -0.39 is 6.10 Å². The Balaban J connectivity index is 1.67. The highest BCUT2D eigenvalue weighted by atomic mass is 35.5. The average molecular weight is 325 g/mol. The predicted molar refractivity (Wildman–Crippen MR) is 87.4 cm³/mol. The Morgan fingerprint density at radius 2 is 2.23 bits per heavy atom. The fourth-order valence-corrected chi connectivity index (χ4v) is 2.62. The molecule has 2 heterocycles. The third kappa shape index (κ3) is 3.89. The molecule has 6 nitrogen and oxygen atoms in total. The second kappa shape index (κ2) is 7.28. The van der Waals surface area contributed by atoms with Crippen LogP contribution in [0.15, 0.2) is 18.2 Å². The van der Waals surface area contributed by atoms with Gasteiger partial charge < -0.3 is 20.1 Å². The molecule has 0 radical (unpaired) electrons. The number of aromatic amines is 1. The van der Waals surface area contributed by atoms with Crippen LogP contribution in [-0.4, -0.2) is 64.8 Å². The first-order chi connectivity index (χ1) is 10.7. The molecule has 1 aromatic carbocycles. The molecule has 1 aliphatic rings. The van der Waals surface area contributed by atoms with Crippen molar-refractivity contribution in [1.29, 1.82) is 0 Å². The van der Waals surface area contributed by atoms with Crippen LogP contribution in [0.4, 0.5) is 5.69 Å². The van der Waals surface area contributed by atoms with Crippen LogP contribution in [0.5, 0.6) is 0 Å². The molecule has 2 aromatic rings. The van der Waals surface area contributed by atoms with E-state index in [4.69, 9.17) is 16.3 Å². The lowest BCUT2D eigenvalue weighted by Gasteiger charge is -2.25. The molecule has 1 aromatic heterocycles. The summed E-state index contributed by atoms with van der Waals surface area (Å²) in [6.07, 6.45) is -0.545.